The van der Waals surface area contributed by atoms with Gasteiger partial charge in [0, 0.05) is 39.4 Å². The Morgan fingerprint density at radius 2 is 2.17 bits per heavy atom. The van der Waals surface area contributed by atoms with E-state index in [2.05, 4.69) is 48.2 Å². The molecule has 0 aliphatic carbocycles. The predicted octanol–water partition coefficient (Wildman–Crippen LogP) is 3.38. The second kappa shape index (κ2) is 7.35. The molecule has 1 aromatic carbocycles. The van der Waals surface area contributed by atoms with Crippen LogP contribution in [0.15, 0.2) is 24.3 Å². The number of hydrogen-bond donors (Lipinski definition) is 0. The summed E-state index contributed by atoms with van der Waals surface area (Å²) in [5.41, 5.74) is 2.46. The van der Waals surface area contributed by atoms with Crippen LogP contribution in [0.25, 0.3) is 0 Å². The SMILES string of the molecule is CN(C)c1cccc([C@H]2CCCN2C(=O)CC[C@H]2CCCO2)c1. The molecule has 3 rings (SSSR count). The molecule has 2 fully saturated rings. The van der Waals surface area contributed by atoms with E-state index in [-0.39, 0.29) is 6.04 Å². The topological polar surface area (TPSA) is 32.8 Å². The molecule has 0 aromatic heterocycles. The maximum absolute atomic E-state index is 12.7. The average molecular weight is 316 g/mol. The molecule has 2 aliphatic rings. The highest BCUT2D eigenvalue weighted by Gasteiger charge is 2.30. The summed E-state index contributed by atoms with van der Waals surface area (Å²) in [7, 11) is 4.11. The number of carbonyl (C=O) groups excluding carboxylic acids is 1. The van der Waals surface area contributed by atoms with Crippen LogP contribution in [0.5, 0.6) is 0 Å². The Morgan fingerprint density at radius 1 is 1.30 bits per heavy atom. The smallest absolute Gasteiger partial charge is 0.223 e. The van der Waals surface area contributed by atoms with Crippen molar-refractivity contribution in [3.05, 3.63) is 29.8 Å². The number of ether oxygens (including phenoxy) is 1. The van der Waals surface area contributed by atoms with Crippen molar-refractivity contribution in [3.8, 4) is 0 Å². The zero-order valence-corrected chi connectivity index (χ0v) is 14.3. The first-order valence-electron chi connectivity index (χ1n) is 8.83. The van der Waals surface area contributed by atoms with E-state index in [4.69, 9.17) is 4.74 Å². The van der Waals surface area contributed by atoms with E-state index in [9.17, 15) is 4.79 Å². The Kier molecular flexibility index (Phi) is 5.21. The number of amides is 1. The van der Waals surface area contributed by atoms with Gasteiger partial charge in [0.1, 0.15) is 0 Å². The summed E-state index contributed by atoms with van der Waals surface area (Å²) >= 11 is 0. The van der Waals surface area contributed by atoms with Crippen LogP contribution in [0, 0.1) is 0 Å². The summed E-state index contributed by atoms with van der Waals surface area (Å²) in [6.07, 6.45) is 6.22. The Hall–Kier alpha value is -1.55. The van der Waals surface area contributed by atoms with Crippen molar-refractivity contribution in [1.29, 1.82) is 0 Å². The molecule has 0 spiro atoms. The van der Waals surface area contributed by atoms with Crippen LogP contribution in [0.4, 0.5) is 5.69 Å². The van der Waals surface area contributed by atoms with Crippen LogP contribution in [0.1, 0.15) is 50.1 Å². The monoisotopic (exact) mass is 316 g/mol. The summed E-state index contributed by atoms with van der Waals surface area (Å²) < 4.78 is 5.64. The molecule has 2 atom stereocenters. The Labute approximate surface area is 139 Å². The molecular formula is C19H28N2O2. The van der Waals surface area contributed by atoms with Crippen LogP contribution < -0.4 is 4.90 Å². The van der Waals surface area contributed by atoms with Crippen molar-refractivity contribution >= 4 is 11.6 Å². The third-order valence-corrected chi connectivity index (χ3v) is 5.05. The third kappa shape index (κ3) is 3.86. The minimum Gasteiger partial charge on any atom is -0.378 e. The molecule has 4 heteroatoms. The summed E-state index contributed by atoms with van der Waals surface area (Å²) in [6, 6.07) is 8.83. The van der Waals surface area contributed by atoms with Gasteiger partial charge in [-0.3, -0.25) is 4.79 Å². The molecule has 2 aliphatic heterocycles. The van der Waals surface area contributed by atoms with E-state index < -0.39 is 0 Å². The first kappa shape index (κ1) is 16.3. The molecule has 1 aromatic rings. The molecule has 0 N–H and O–H groups in total. The van der Waals surface area contributed by atoms with Gasteiger partial charge in [0.05, 0.1) is 12.1 Å². The predicted molar refractivity (Wildman–Crippen MR) is 92.7 cm³/mol. The van der Waals surface area contributed by atoms with Gasteiger partial charge < -0.3 is 14.5 Å². The highest BCUT2D eigenvalue weighted by molar-refractivity contribution is 5.77. The second-order valence-corrected chi connectivity index (χ2v) is 6.91. The van der Waals surface area contributed by atoms with Crippen molar-refractivity contribution in [2.75, 3.05) is 32.1 Å². The second-order valence-electron chi connectivity index (χ2n) is 6.91. The zero-order valence-electron chi connectivity index (χ0n) is 14.3. The molecule has 0 unspecified atom stereocenters. The van der Waals surface area contributed by atoms with Crippen LogP contribution in [-0.2, 0) is 9.53 Å². The van der Waals surface area contributed by atoms with Crippen LogP contribution in [0.2, 0.25) is 0 Å². The number of nitrogens with zero attached hydrogens (tertiary/aromatic N) is 2. The lowest BCUT2D eigenvalue weighted by atomic mass is 10.0. The summed E-state index contributed by atoms with van der Waals surface area (Å²) in [5, 5.41) is 0. The Morgan fingerprint density at radius 3 is 2.91 bits per heavy atom. The standard InChI is InChI=1S/C19H28N2O2/c1-20(2)16-7-3-6-15(14-16)18-9-4-12-21(18)19(22)11-10-17-8-5-13-23-17/h3,6-7,14,17-18H,4-5,8-13H2,1-2H3/t17-,18-/m1/s1. The van der Waals surface area contributed by atoms with E-state index in [0.717, 1.165) is 45.3 Å². The number of hydrogen-bond acceptors (Lipinski definition) is 3. The quantitative estimate of drug-likeness (QED) is 0.835. The fourth-order valence-electron chi connectivity index (χ4n) is 3.72. The molecule has 0 radical (unpaired) electrons. The van der Waals surface area contributed by atoms with Gasteiger partial charge in [-0.1, -0.05) is 12.1 Å². The normalized spacial score (nSPS) is 24.2. The third-order valence-electron chi connectivity index (χ3n) is 5.05. The highest BCUT2D eigenvalue weighted by atomic mass is 16.5. The van der Waals surface area contributed by atoms with Gasteiger partial charge in [0.2, 0.25) is 5.91 Å². The highest BCUT2D eigenvalue weighted by Crippen LogP contribution is 2.34. The first-order chi connectivity index (χ1) is 11.1. The van der Waals surface area contributed by atoms with Crippen molar-refractivity contribution in [3.63, 3.8) is 0 Å². The summed E-state index contributed by atoms with van der Waals surface area (Å²) in [4.78, 5) is 16.9. The van der Waals surface area contributed by atoms with Gasteiger partial charge in [-0.05, 0) is 49.8 Å². The van der Waals surface area contributed by atoms with Gasteiger partial charge in [0.15, 0.2) is 0 Å². The zero-order chi connectivity index (χ0) is 16.2. The minimum absolute atomic E-state index is 0.242. The van der Waals surface area contributed by atoms with Crippen LogP contribution >= 0.6 is 0 Å². The minimum atomic E-state index is 0.242. The number of rotatable bonds is 5. The molecular weight excluding hydrogens is 288 g/mol. The molecule has 4 nitrogen and oxygen atoms in total. The van der Waals surface area contributed by atoms with E-state index >= 15 is 0 Å². The lowest BCUT2D eigenvalue weighted by molar-refractivity contribution is -0.132. The molecule has 1 amide bonds. The maximum atomic E-state index is 12.7. The maximum Gasteiger partial charge on any atom is 0.223 e. The molecule has 126 valence electrons. The van der Waals surface area contributed by atoms with E-state index in [0.29, 0.717) is 18.4 Å². The van der Waals surface area contributed by atoms with Gasteiger partial charge in [-0.2, -0.15) is 0 Å². The van der Waals surface area contributed by atoms with Crippen molar-refractivity contribution < 1.29 is 9.53 Å². The summed E-state index contributed by atoms with van der Waals surface area (Å²) in [6.45, 7) is 1.75. The van der Waals surface area contributed by atoms with Gasteiger partial charge >= 0.3 is 0 Å². The van der Waals surface area contributed by atoms with Crippen molar-refractivity contribution in [2.24, 2.45) is 0 Å². The molecule has 2 heterocycles. The van der Waals surface area contributed by atoms with Crippen LogP contribution in [0.3, 0.4) is 0 Å². The number of anilines is 1. The van der Waals surface area contributed by atoms with Gasteiger partial charge in [0.25, 0.3) is 0 Å². The molecule has 23 heavy (non-hydrogen) atoms. The Bertz CT molecular complexity index is 538. The fourth-order valence-corrected chi connectivity index (χ4v) is 3.72. The van der Waals surface area contributed by atoms with E-state index in [1.807, 2.05) is 0 Å². The largest absolute Gasteiger partial charge is 0.378 e. The van der Waals surface area contributed by atoms with Crippen molar-refractivity contribution in [1.82, 2.24) is 4.90 Å². The van der Waals surface area contributed by atoms with Gasteiger partial charge in [-0.25, -0.2) is 0 Å². The van der Waals surface area contributed by atoms with Crippen molar-refractivity contribution in [2.45, 2.75) is 50.7 Å². The number of likely N-dealkylation sites (tertiary alicyclic amines) is 1. The molecule has 0 saturated carbocycles. The lowest BCUT2D eigenvalue weighted by Crippen LogP contribution is -2.31. The lowest BCUT2D eigenvalue weighted by Gasteiger charge is -2.26. The molecule has 0 bridgehead atoms. The number of carbonyl (C=O) groups is 1. The number of benzene rings is 1. The van der Waals surface area contributed by atoms with E-state index in [1.54, 1.807) is 0 Å². The average Bonchev–Trinajstić information content (AvgIpc) is 3.24. The van der Waals surface area contributed by atoms with E-state index in [1.165, 1.54) is 11.3 Å². The first-order valence-corrected chi connectivity index (χ1v) is 8.83. The van der Waals surface area contributed by atoms with Crippen LogP contribution in [-0.4, -0.2) is 44.2 Å². The summed E-state index contributed by atoms with van der Waals surface area (Å²) in [5.74, 6) is 0.290. The van der Waals surface area contributed by atoms with Gasteiger partial charge in [-0.15, -0.1) is 0 Å². The molecule has 2 saturated heterocycles. The Balaban J connectivity index is 1.64. The fraction of sp³-hybridized carbons (Fsp3) is 0.632.